The molecule has 0 bridgehead atoms. The highest BCUT2D eigenvalue weighted by atomic mass is 35.5. The predicted molar refractivity (Wildman–Crippen MR) is 123 cm³/mol. The van der Waals surface area contributed by atoms with Gasteiger partial charge in [0.05, 0.1) is 21.8 Å². The van der Waals surface area contributed by atoms with Crippen molar-refractivity contribution in [2.75, 3.05) is 0 Å². The second-order valence-corrected chi connectivity index (χ2v) is 9.60. The van der Waals surface area contributed by atoms with E-state index in [4.69, 9.17) is 23.2 Å². The third-order valence-electron chi connectivity index (χ3n) is 5.24. The number of nitrogens with one attached hydrogen (secondary N) is 1. The van der Waals surface area contributed by atoms with Crippen LogP contribution in [-0.2, 0) is 4.79 Å². The Morgan fingerprint density at radius 3 is 2.50 bits per heavy atom. The lowest BCUT2D eigenvalue weighted by atomic mass is 10.2. The molecule has 0 saturated heterocycles. The summed E-state index contributed by atoms with van der Waals surface area (Å²) in [6.07, 6.45) is 4.34. The molecule has 1 amide bonds. The first-order chi connectivity index (χ1) is 14.4. The number of hydrogen-bond donors (Lipinski definition) is 1. The fraction of sp³-hybridized carbons (Fsp3) is 0.318. The first kappa shape index (κ1) is 21.2. The maximum atomic E-state index is 13.3. The molecule has 1 saturated carbocycles. The number of benzene rings is 2. The molecular formula is C22H21Cl2N3O2S. The van der Waals surface area contributed by atoms with Crippen LogP contribution in [-0.4, -0.2) is 26.8 Å². The van der Waals surface area contributed by atoms with Crippen LogP contribution in [0.3, 0.4) is 0 Å². The van der Waals surface area contributed by atoms with Crippen molar-refractivity contribution in [3.8, 4) is 5.69 Å². The van der Waals surface area contributed by atoms with Gasteiger partial charge in [-0.05, 0) is 62.2 Å². The number of fused-ring (bicyclic) bond motifs is 1. The van der Waals surface area contributed by atoms with Gasteiger partial charge >= 0.3 is 0 Å². The van der Waals surface area contributed by atoms with Gasteiger partial charge in [-0.3, -0.25) is 14.2 Å². The molecule has 2 aromatic carbocycles. The zero-order valence-electron chi connectivity index (χ0n) is 16.4. The Bertz CT molecular complexity index is 1140. The number of nitrogens with zero attached hydrogens (tertiary/aromatic N) is 2. The van der Waals surface area contributed by atoms with E-state index < -0.39 is 5.25 Å². The second kappa shape index (κ2) is 9.00. The Hall–Kier alpha value is -2.02. The van der Waals surface area contributed by atoms with Crippen molar-refractivity contribution in [3.05, 3.63) is 62.9 Å². The lowest BCUT2D eigenvalue weighted by molar-refractivity contribution is -0.120. The molecule has 1 heterocycles. The van der Waals surface area contributed by atoms with E-state index in [0.717, 1.165) is 25.7 Å². The van der Waals surface area contributed by atoms with Crippen LogP contribution in [0.2, 0.25) is 10.0 Å². The lowest BCUT2D eigenvalue weighted by Gasteiger charge is -2.18. The molecule has 1 aromatic heterocycles. The normalized spacial score (nSPS) is 15.4. The third-order valence-corrected chi connectivity index (χ3v) is 6.78. The van der Waals surface area contributed by atoms with Crippen molar-refractivity contribution < 1.29 is 4.79 Å². The Morgan fingerprint density at radius 2 is 1.80 bits per heavy atom. The number of carbonyl (C=O) groups is 1. The minimum atomic E-state index is -0.410. The number of amides is 1. The smallest absolute Gasteiger partial charge is 0.266 e. The van der Waals surface area contributed by atoms with Crippen molar-refractivity contribution in [2.24, 2.45) is 0 Å². The summed E-state index contributed by atoms with van der Waals surface area (Å²) in [7, 11) is 0. The van der Waals surface area contributed by atoms with E-state index >= 15 is 0 Å². The zero-order chi connectivity index (χ0) is 21.3. The molecule has 1 N–H and O–H groups in total. The van der Waals surface area contributed by atoms with Crippen molar-refractivity contribution in [2.45, 2.75) is 49.1 Å². The Kier molecular flexibility index (Phi) is 6.37. The van der Waals surface area contributed by atoms with E-state index in [1.54, 1.807) is 42.5 Å². The zero-order valence-corrected chi connectivity index (χ0v) is 18.7. The largest absolute Gasteiger partial charge is 0.352 e. The van der Waals surface area contributed by atoms with Crippen LogP contribution in [0.25, 0.3) is 16.6 Å². The number of thioether (sulfide) groups is 1. The summed E-state index contributed by atoms with van der Waals surface area (Å²) in [5.74, 6) is -0.0463. The Balaban J connectivity index is 1.74. The van der Waals surface area contributed by atoms with Crippen LogP contribution >= 0.6 is 35.0 Å². The Labute approximate surface area is 188 Å². The van der Waals surface area contributed by atoms with Gasteiger partial charge in [-0.25, -0.2) is 4.98 Å². The molecule has 156 valence electrons. The van der Waals surface area contributed by atoms with E-state index in [2.05, 4.69) is 10.3 Å². The topological polar surface area (TPSA) is 64.0 Å². The van der Waals surface area contributed by atoms with Gasteiger partial charge in [0.2, 0.25) is 5.91 Å². The van der Waals surface area contributed by atoms with Gasteiger partial charge in [0.25, 0.3) is 5.56 Å². The summed E-state index contributed by atoms with van der Waals surface area (Å²) >= 11 is 13.4. The van der Waals surface area contributed by atoms with Crippen molar-refractivity contribution >= 4 is 51.8 Å². The number of hydrogen-bond acceptors (Lipinski definition) is 4. The minimum Gasteiger partial charge on any atom is -0.352 e. The highest BCUT2D eigenvalue weighted by molar-refractivity contribution is 8.00. The van der Waals surface area contributed by atoms with Gasteiger partial charge in [0.1, 0.15) is 0 Å². The first-order valence-electron chi connectivity index (χ1n) is 9.87. The SMILES string of the molecule is CC(Sc1nc2cc(Cl)ccc2c(=O)n1-c1ccc(Cl)cc1)C(=O)NC1CCCC1. The lowest BCUT2D eigenvalue weighted by Crippen LogP contribution is -2.38. The molecule has 8 heteroatoms. The molecule has 1 unspecified atom stereocenters. The quantitative estimate of drug-likeness (QED) is 0.417. The average molecular weight is 462 g/mol. The molecule has 4 rings (SSSR count). The van der Waals surface area contributed by atoms with Crippen LogP contribution in [0, 0.1) is 0 Å². The van der Waals surface area contributed by atoms with Crippen LogP contribution < -0.4 is 10.9 Å². The predicted octanol–water partition coefficient (Wildman–Crippen LogP) is 5.23. The number of aromatic nitrogens is 2. The molecule has 1 fully saturated rings. The number of halogens is 2. The highest BCUT2D eigenvalue weighted by Crippen LogP contribution is 2.27. The third kappa shape index (κ3) is 4.51. The van der Waals surface area contributed by atoms with Crippen molar-refractivity contribution in [1.29, 1.82) is 0 Å². The molecule has 0 radical (unpaired) electrons. The summed E-state index contributed by atoms with van der Waals surface area (Å²) in [6.45, 7) is 1.83. The van der Waals surface area contributed by atoms with Crippen molar-refractivity contribution in [1.82, 2.24) is 14.9 Å². The van der Waals surface area contributed by atoms with Gasteiger partial charge in [0, 0.05) is 16.1 Å². The van der Waals surface area contributed by atoms with Crippen LogP contribution in [0.4, 0.5) is 0 Å². The molecule has 1 aliphatic carbocycles. The molecule has 0 spiro atoms. The minimum absolute atomic E-state index is 0.0463. The summed E-state index contributed by atoms with van der Waals surface area (Å²) in [6, 6.07) is 12.2. The van der Waals surface area contributed by atoms with Gasteiger partial charge < -0.3 is 5.32 Å². The van der Waals surface area contributed by atoms with E-state index in [1.807, 2.05) is 6.92 Å². The van der Waals surface area contributed by atoms with Gasteiger partial charge in [-0.15, -0.1) is 0 Å². The summed E-state index contributed by atoms with van der Waals surface area (Å²) in [5, 5.41) is 4.68. The monoisotopic (exact) mass is 461 g/mol. The Morgan fingerprint density at radius 1 is 1.13 bits per heavy atom. The molecule has 1 aliphatic rings. The van der Waals surface area contributed by atoms with E-state index in [9.17, 15) is 9.59 Å². The molecule has 1 atom stereocenters. The number of rotatable bonds is 5. The van der Waals surface area contributed by atoms with Gasteiger partial charge in [0.15, 0.2) is 5.16 Å². The summed E-state index contributed by atoms with van der Waals surface area (Å²) < 4.78 is 1.52. The second-order valence-electron chi connectivity index (χ2n) is 7.42. The van der Waals surface area contributed by atoms with E-state index in [1.165, 1.54) is 16.3 Å². The van der Waals surface area contributed by atoms with Crippen LogP contribution in [0.5, 0.6) is 0 Å². The maximum absolute atomic E-state index is 13.3. The molecular weight excluding hydrogens is 441 g/mol. The fourth-order valence-corrected chi connectivity index (χ4v) is 4.86. The van der Waals surface area contributed by atoms with Crippen LogP contribution in [0.1, 0.15) is 32.6 Å². The molecule has 3 aromatic rings. The number of carbonyl (C=O) groups excluding carboxylic acids is 1. The maximum Gasteiger partial charge on any atom is 0.266 e. The van der Waals surface area contributed by atoms with Gasteiger partial charge in [-0.1, -0.05) is 47.8 Å². The van der Waals surface area contributed by atoms with E-state index in [-0.39, 0.29) is 17.5 Å². The molecule has 5 nitrogen and oxygen atoms in total. The van der Waals surface area contributed by atoms with Crippen LogP contribution in [0.15, 0.2) is 52.4 Å². The summed E-state index contributed by atoms with van der Waals surface area (Å²) in [4.78, 5) is 30.7. The molecule has 30 heavy (non-hydrogen) atoms. The van der Waals surface area contributed by atoms with Crippen molar-refractivity contribution in [3.63, 3.8) is 0 Å². The molecule has 0 aliphatic heterocycles. The van der Waals surface area contributed by atoms with Gasteiger partial charge in [-0.2, -0.15) is 0 Å². The fourth-order valence-electron chi connectivity index (χ4n) is 3.64. The van der Waals surface area contributed by atoms with E-state index in [0.29, 0.717) is 31.8 Å². The average Bonchev–Trinajstić information content (AvgIpc) is 3.22. The highest BCUT2D eigenvalue weighted by Gasteiger charge is 2.24. The summed E-state index contributed by atoms with van der Waals surface area (Å²) in [5.41, 5.74) is 0.924. The standard InChI is InChI=1S/C22H21Cl2N3O2S/c1-13(20(28)25-16-4-2-3-5-16)30-22-26-19-12-15(24)8-11-18(19)21(29)27(22)17-9-6-14(23)7-10-17/h6-13,16H,2-5H2,1H3,(H,25,28). The first-order valence-corrected chi connectivity index (χ1v) is 11.5.